The number of fused-ring (bicyclic) bond motifs is 1. The van der Waals surface area contributed by atoms with Crippen molar-refractivity contribution < 1.29 is 14.6 Å². The second-order valence-electron chi connectivity index (χ2n) is 7.42. The Hall–Kier alpha value is -4.39. The molecule has 32 heavy (non-hydrogen) atoms. The van der Waals surface area contributed by atoms with E-state index in [0.29, 0.717) is 18.1 Å². The number of rotatable bonds is 5. The van der Waals surface area contributed by atoms with Crippen LogP contribution in [-0.4, -0.2) is 27.6 Å². The van der Waals surface area contributed by atoms with E-state index >= 15 is 0 Å². The quantitative estimate of drug-likeness (QED) is 0.490. The van der Waals surface area contributed by atoms with Crippen LogP contribution < -0.4 is 15.0 Å². The van der Waals surface area contributed by atoms with Gasteiger partial charge in [0.25, 0.3) is 5.91 Å². The van der Waals surface area contributed by atoms with E-state index in [1.807, 2.05) is 48.5 Å². The van der Waals surface area contributed by atoms with Gasteiger partial charge in [-0.1, -0.05) is 18.2 Å². The maximum atomic E-state index is 12.6. The Morgan fingerprint density at radius 2 is 1.91 bits per heavy atom. The Bertz CT molecular complexity index is 1280. The molecule has 0 saturated carbocycles. The number of amides is 1. The fourth-order valence-corrected chi connectivity index (χ4v) is 3.64. The van der Waals surface area contributed by atoms with Crippen molar-refractivity contribution in [1.82, 2.24) is 9.97 Å². The first-order valence-corrected chi connectivity index (χ1v) is 10.1. The van der Waals surface area contributed by atoms with Crippen LogP contribution in [-0.2, 0) is 11.3 Å². The van der Waals surface area contributed by atoms with Crippen molar-refractivity contribution in [3.63, 3.8) is 0 Å². The molecule has 1 amide bonds. The van der Waals surface area contributed by atoms with Gasteiger partial charge in [0.1, 0.15) is 17.3 Å². The lowest BCUT2D eigenvalue weighted by Gasteiger charge is -2.30. The molecule has 2 aromatic carbocycles. The molecule has 158 valence electrons. The number of hydrogen-bond acceptors (Lipinski definition) is 6. The van der Waals surface area contributed by atoms with E-state index in [0.717, 1.165) is 28.1 Å². The summed E-state index contributed by atoms with van der Waals surface area (Å²) in [6, 6.07) is 20.3. The van der Waals surface area contributed by atoms with Gasteiger partial charge in [-0.15, -0.1) is 0 Å². The van der Waals surface area contributed by atoms with Gasteiger partial charge < -0.3 is 20.1 Å². The molecule has 0 unspecified atom stereocenters. The van der Waals surface area contributed by atoms with E-state index in [1.54, 1.807) is 41.7 Å². The Labute approximate surface area is 185 Å². The molecule has 1 aliphatic heterocycles. The zero-order valence-electron chi connectivity index (χ0n) is 17.1. The lowest BCUT2D eigenvalue weighted by Crippen LogP contribution is -2.38. The average Bonchev–Trinajstić information content (AvgIpc) is 2.81. The predicted molar refractivity (Wildman–Crippen MR) is 122 cm³/mol. The van der Waals surface area contributed by atoms with Crippen molar-refractivity contribution in [2.45, 2.75) is 6.54 Å². The molecule has 4 aromatic rings. The molecule has 5 rings (SSSR count). The lowest BCUT2D eigenvalue weighted by molar-refractivity contribution is -0.121. The number of nitrogens with one attached hydrogen (secondary N) is 1. The molecular weight excluding hydrogens is 404 g/mol. The number of carbonyl (C=O) groups is 1. The summed E-state index contributed by atoms with van der Waals surface area (Å²) in [6.45, 7) is 0.437. The van der Waals surface area contributed by atoms with Crippen molar-refractivity contribution in [2.24, 2.45) is 0 Å². The molecule has 0 aliphatic carbocycles. The smallest absolute Gasteiger partial charge is 0.265 e. The van der Waals surface area contributed by atoms with Crippen LogP contribution >= 0.6 is 0 Å². The van der Waals surface area contributed by atoms with Crippen molar-refractivity contribution in [3.8, 4) is 22.6 Å². The van der Waals surface area contributed by atoms with E-state index in [4.69, 9.17) is 4.74 Å². The first kappa shape index (κ1) is 19.6. The van der Waals surface area contributed by atoms with Crippen molar-refractivity contribution >= 4 is 23.1 Å². The summed E-state index contributed by atoms with van der Waals surface area (Å²) >= 11 is 0. The van der Waals surface area contributed by atoms with E-state index in [-0.39, 0.29) is 18.3 Å². The summed E-state index contributed by atoms with van der Waals surface area (Å²) in [5, 5.41) is 12.9. The molecular formula is C25H20N4O3. The summed E-state index contributed by atoms with van der Waals surface area (Å²) < 4.78 is 5.65. The van der Waals surface area contributed by atoms with Gasteiger partial charge in [0, 0.05) is 30.3 Å². The maximum absolute atomic E-state index is 12.6. The number of nitrogens with zero attached hydrogens (tertiary/aromatic N) is 3. The van der Waals surface area contributed by atoms with Gasteiger partial charge >= 0.3 is 0 Å². The highest BCUT2D eigenvalue weighted by molar-refractivity contribution is 5.98. The Morgan fingerprint density at radius 3 is 2.75 bits per heavy atom. The van der Waals surface area contributed by atoms with Crippen LogP contribution in [0.5, 0.6) is 11.5 Å². The van der Waals surface area contributed by atoms with Gasteiger partial charge in [0.05, 0.1) is 12.2 Å². The van der Waals surface area contributed by atoms with Crippen LogP contribution in [0.3, 0.4) is 0 Å². The number of phenolic OH excluding ortho intramolecular Hbond substituents is 1. The third kappa shape index (κ3) is 4.09. The fraction of sp³-hybridized carbons (Fsp3) is 0.0800. The van der Waals surface area contributed by atoms with Crippen molar-refractivity contribution in [2.75, 3.05) is 16.8 Å². The number of phenols is 1. The summed E-state index contributed by atoms with van der Waals surface area (Å²) in [6.07, 6.45) is 5.19. The van der Waals surface area contributed by atoms with E-state index < -0.39 is 0 Å². The number of ether oxygens (including phenoxy) is 1. The lowest BCUT2D eigenvalue weighted by atomic mass is 10.0. The van der Waals surface area contributed by atoms with Crippen molar-refractivity contribution in [1.29, 1.82) is 0 Å². The van der Waals surface area contributed by atoms with E-state index in [9.17, 15) is 9.90 Å². The first-order valence-electron chi connectivity index (χ1n) is 10.1. The Kier molecular flexibility index (Phi) is 5.13. The van der Waals surface area contributed by atoms with Crippen LogP contribution in [0.2, 0.25) is 0 Å². The summed E-state index contributed by atoms with van der Waals surface area (Å²) in [4.78, 5) is 22.9. The number of carbonyl (C=O) groups excluding carboxylic acids is 1. The number of aromatic nitrogens is 2. The minimum Gasteiger partial charge on any atom is -0.508 e. The topological polar surface area (TPSA) is 87.6 Å². The summed E-state index contributed by atoms with van der Waals surface area (Å²) in [5.41, 5.74) is 4.27. The molecule has 2 N–H and O–H groups in total. The van der Waals surface area contributed by atoms with Gasteiger partial charge in [0.15, 0.2) is 6.61 Å². The van der Waals surface area contributed by atoms with Gasteiger partial charge in [-0.3, -0.25) is 9.78 Å². The minimum absolute atomic E-state index is 0.0137. The summed E-state index contributed by atoms with van der Waals surface area (Å²) in [7, 11) is 0. The number of anilines is 3. The highest BCUT2D eigenvalue weighted by Gasteiger charge is 2.26. The zero-order valence-corrected chi connectivity index (χ0v) is 17.1. The highest BCUT2D eigenvalue weighted by Crippen LogP contribution is 2.37. The van der Waals surface area contributed by atoms with Crippen LogP contribution in [0, 0.1) is 0 Å². The Balaban J connectivity index is 1.46. The monoisotopic (exact) mass is 424 g/mol. The molecule has 7 nitrogen and oxygen atoms in total. The normalized spacial score (nSPS) is 12.8. The third-order valence-corrected chi connectivity index (χ3v) is 5.18. The van der Waals surface area contributed by atoms with Crippen LogP contribution in [0.1, 0.15) is 5.56 Å². The van der Waals surface area contributed by atoms with Gasteiger partial charge in [-0.25, -0.2) is 4.98 Å². The van der Waals surface area contributed by atoms with Crippen LogP contribution in [0.25, 0.3) is 11.1 Å². The minimum atomic E-state index is -0.0977. The summed E-state index contributed by atoms with van der Waals surface area (Å²) in [5.74, 6) is 1.40. The fourth-order valence-electron chi connectivity index (χ4n) is 3.64. The third-order valence-electron chi connectivity index (χ3n) is 5.18. The molecule has 3 heterocycles. The Morgan fingerprint density at radius 1 is 1.00 bits per heavy atom. The molecule has 0 radical (unpaired) electrons. The maximum Gasteiger partial charge on any atom is 0.265 e. The molecule has 0 atom stereocenters. The average molecular weight is 424 g/mol. The van der Waals surface area contributed by atoms with Crippen LogP contribution in [0.4, 0.5) is 17.2 Å². The molecule has 0 bridgehead atoms. The number of aromatic hydroxyl groups is 1. The van der Waals surface area contributed by atoms with Crippen molar-refractivity contribution in [3.05, 3.63) is 90.9 Å². The number of benzene rings is 2. The standard InChI is InChI=1S/C25H20N4O3/c30-21-5-1-4-20(13-21)28-24-12-19(8-10-27-24)18-6-7-23-22(11-18)29(25(31)16-32-23)15-17-3-2-9-26-14-17/h1-14,30H,15-16H2,(H,27,28). The SMILES string of the molecule is O=C1COc2ccc(-c3ccnc(Nc4cccc(O)c4)c3)cc2N1Cc1cccnc1. The highest BCUT2D eigenvalue weighted by atomic mass is 16.5. The molecule has 1 aliphatic rings. The van der Waals surface area contributed by atoms with Gasteiger partial charge in [-0.2, -0.15) is 0 Å². The van der Waals surface area contributed by atoms with Gasteiger partial charge in [-0.05, 0) is 59.2 Å². The zero-order chi connectivity index (χ0) is 21.9. The van der Waals surface area contributed by atoms with Gasteiger partial charge in [0.2, 0.25) is 0 Å². The second kappa shape index (κ2) is 8.39. The van der Waals surface area contributed by atoms with E-state index in [1.165, 1.54) is 0 Å². The molecule has 0 spiro atoms. The largest absolute Gasteiger partial charge is 0.508 e. The molecule has 7 heteroatoms. The predicted octanol–water partition coefficient (Wildman–Crippen LogP) is 4.52. The van der Waals surface area contributed by atoms with Crippen LogP contribution in [0.15, 0.2) is 85.3 Å². The molecule has 0 saturated heterocycles. The molecule has 2 aromatic heterocycles. The first-order chi connectivity index (χ1) is 15.7. The van der Waals surface area contributed by atoms with E-state index in [2.05, 4.69) is 15.3 Å². The molecule has 0 fully saturated rings. The number of hydrogen-bond donors (Lipinski definition) is 2. The second-order valence-corrected chi connectivity index (χ2v) is 7.42. The number of pyridine rings is 2.